The number of hydrogen-bond acceptors (Lipinski definition) is 2. The van der Waals surface area contributed by atoms with E-state index < -0.39 is 18.1 Å². The van der Waals surface area contributed by atoms with Gasteiger partial charge in [-0.1, -0.05) is 152 Å². The van der Waals surface area contributed by atoms with Crippen LogP contribution in [-0.4, -0.2) is 9.55 Å². The maximum Gasteiger partial charge on any atom is 0.145 e. The Hall–Kier alpha value is -6.81. The first kappa shape index (κ1) is 26.0. The van der Waals surface area contributed by atoms with Crippen molar-refractivity contribution in [2.75, 3.05) is 0 Å². The number of benzene rings is 9. The lowest BCUT2D eigenvalue weighted by atomic mass is 9.84. The van der Waals surface area contributed by atoms with E-state index in [1.54, 1.807) is 0 Å². The Kier molecular flexibility index (Phi) is 5.98. The molecular formula is C51H32N2S. The molecule has 0 spiro atoms. The Bertz CT molecular complexity index is 3490. The second-order valence-electron chi connectivity index (χ2n) is 13.5. The third-order valence-corrected chi connectivity index (χ3v) is 11.6. The second kappa shape index (κ2) is 12.4. The largest absolute Gasteiger partial charge is 0.292 e. The van der Waals surface area contributed by atoms with Crippen molar-refractivity contribution in [3.05, 3.63) is 194 Å². The molecular weight excluding hydrogens is 673 g/mol. The van der Waals surface area contributed by atoms with Gasteiger partial charge in [0.2, 0.25) is 0 Å². The van der Waals surface area contributed by atoms with Crippen LogP contribution < -0.4 is 0 Å². The third-order valence-electron chi connectivity index (χ3n) is 10.5. The predicted molar refractivity (Wildman–Crippen MR) is 231 cm³/mol. The first-order valence-corrected chi connectivity index (χ1v) is 18.8. The van der Waals surface area contributed by atoms with Gasteiger partial charge in [-0.3, -0.25) is 4.57 Å². The fourth-order valence-electron chi connectivity index (χ4n) is 8.15. The lowest BCUT2D eigenvalue weighted by molar-refractivity contribution is 1.10. The van der Waals surface area contributed by atoms with E-state index in [1.807, 2.05) is 64.4 Å². The van der Waals surface area contributed by atoms with Crippen LogP contribution in [0, 0.1) is 0 Å². The number of hydrogen-bond donors (Lipinski definition) is 0. The van der Waals surface area contributed by atoms with Gasteiger partial charge in [0.25, 0.3) is 0 Å². The first-order chi connectivity index (χ1) is 28.9. The van der Waals surface area contributed by atoms with Crippen molar-refractivity contribution < 1.29 is 6.85 Å². The number of imidazole rings is 1. The molecule has 2 nitrogen and oxygen atoms in total. The molecule has 9 aromatic carbocycles. The van der Waals surface area contributed by atoms with Crippen LogP contribution in [-0.2, 0) is 0 Å². The smallest absolute Gasteiger partial charge is 0.145 e. The van der Waals surface area contributed by atoms with Gasteiger partial charge in [-0.05, 0) is 91.8 Å². The van der Waals surface area contributed by atoms with Crippen molar-refractivity contribution >= 4 is 64.1 Å². The summed E-state index contributed by atoms with van der Waals surface area (Å²) in [4.78, 5) is 4.99. The summed E-state index contributed by atoms with van der Waals surface area (Å²) in [6.07, 6.45) is 0. The summed E-state index contributed by atoms with van der Waals surface area (Å²) in [5.41, 5.74) is 8.72. The Morgan fingerprint density at radius 2 is 1.09 bits per heavy atom. The maximum absolute atomic E-state index is 8.99. The van der Waals surface area contributed by atoms with Gasteiger partial charge in [-0.25, -0.2) is 4.98 Å². The fourth-order valence-corrected chi connectivity index (χ4v) is 9.24. The normalized spacial score (nSPS) is 13.0. The molecule has 11 aromatic rings. The molecule has 0 aliphatic carbocycles. The summed E-state index contributed by atoms with van der Waals surface area (Å²) >= 11 is 1.82. The molecule has 0 saturated carbocycles. The van der Waals surface area contributed by atoms with Crippen LogP contribution in [0.2, 0.25) is 0 Å². The number of rotatable bonds is 5. The molecule has 0 N–H and O–H groups in total. The molecule has 54 heavy (non-hydrogen) atoms. The monoisotopic (exact) mass is 709 g/mol. The summed E-state index contributed by atoms with van der Waals surface area (Å²) in [5.74, 6) is 0.281. The standard InChI is InChI=1S/C51H32N2S/c1-3-15-33(16-4-1)35-27-29-40-43(31-35)49(36-28-30-48-42(32-36)37-19-10-14-26-47(37)54-48)38-20-7-8-21-39(38)50(40)41-22-9-12-24-45(41)53-46-25-13-11-23-44(46)52-51(53)34-17-5-2-6-18-34/h1-32H/i2D,5D,6D,17D,18D. The molecule has 0 atom stereocenters. The highest BCUT2D eigenvalue weighted by Gasteiger charge is 2.22. The number of nitrogens with zero attached hydrogens (tertiary/aromatic N) is 2. The highest BCUT2D eigenvalue weighted by Crippen LogP contribution is 2.48. The molecule has 0 saturated heterocycles. The van der Waals surface area contributed by atoms with Gasteiger partial charge < -0.3 is 0 Å². The lowest BCUT2D eigenvalue weighted by Gasteiger charge is -2.21. The van der Waals surface area contributed by atoms with E-state index in [2.05, 4.69) is 115 Å². The number of aromatic nitrogens is 2. The average Bonchev–Trinajstić information content (AvgIpc) is 3.85. The Labute approximate surface area is 323 Å². The van der Waals surface area contributed by atoms with Crippen LogP contribution in [0.15, 0.2) is 194 Å². The molecule has 2 heterocycles. The number of fused-ring (bicyclic) bond motifs is 6. The minimum absolute atomic E-state index is 0.0518. The molecule has 2 aromatic heterocycles. The summed E-state index contributed by atoms with van der Waals surface area (Å²) in [6, 6.07) is 55.3. The Balaban J connectivity index is 1.26. The molecule has 0 unspecified atom stereocenters. The summed E-state index contributed by atoms with van der Waals surface area (Å²) in [5, 5.41) is 6.83. The molecule has 0 radical (unpaired) electrons. The summed E-state index contributed by atoms with van der Waals surface area (Å²) < 4.78 is 47.9. The quantitative estimate of drug-likeness (QED) is 0.163. The van der Waals surface area contributed by atoms with Crippen molar-refractivity contribution in [3.63, 3.8) is 0 Å². The van der Waals surface area contributed by atoms with Crippen LogP contribution >= 0.6 is 11.3 Å². The van der Waals surface area contributed by atoms with Gasteiger partial charge in [0.15, 0.2) is 0 Å². The number of thiophene rings is 1. The summed E-state index contributed by atoms with van der Waals surface area (Å²) in [6.45, 7) is 0. The SMILES string of the molecule is [2H]c1c([2H])c([2H])c(-c2nc3ccccc3n2-c2ccccc2-c2c3ccccc3c(-c3ccc4sc5ccccc5c4c3)c3cc(-c4ccccc4)ccc23)c([2H])c1[2H]. The van der Waals surface area contributed by atoms with Crippen LogP contribution in [0.4, 0.5) is 0 Å². The van der Waals surface area contributed by atoms with Crippen molar-refractivity contribution in [1.29, 1.82) is 0 Å². The zero-order valence-corrected chi connectivity index (χ0v) is 29.7. The molecule has 0 fully saturated rings. The zero-order valence-electron chi connectivity index (χ0n) is 33.9. The Morgan fingerprint density at radius 1 is 0.444 bits per heavy atom. The molecule has 0 aliphatic heterocycles. The van der Waals surface area contributed by atoms with Gasteiger partial charge in [-0.15, -0.1) is 11.3 Å². The molecule has 252 valence electrons. The van der Waals surface area contributed by atoms with Crippen molar-refractivity contribution in [2.45, 2.75) is 0 Å². The van der Waals surface area contributed by atoms with E-state index >= 15 is 0 Å². The van der Waals surface area contributed by atoms with Gasteiger partial charge >= 0.3 is 0 Å². The topological polar surface area (TPSA) is 17.8 Å². The third kappa shape index (κ3) is 4.83. The predicted octanol–water partition coefficient (Wildman–Crippen LogP) is 14.4. The van der Waals surface area contributed by atoms with Gasteiger partial charge in [0.1, 0.15) is 5.82 Å². The maximum atomic E-state index is 8.99. The molecule has 11 rings (SSSR count). The van der Waals surface area contributed by atoms with Gasteiger partial charge in [0.05, 0.1) is 23.6 Å². The Morgan fingerprint density at radius 3 is 1.96 bits per heavy atom. The van der Waals surface area contributed by atoms with Crippen molar-refractivity contribution in [1.82, 2.24) is 9.55 Å². The minimum Gasteiger partial charge on any atom is -0.292 e. The zero-order chi connectivity index (χ0) is 39.9. The van der Waals surface area contributed by atoms with Gasteiger partial charge in [-0.2, -0.15) is 0 Å². The first-order valence-electron chi connectivity index (χ1n) is 20.5. The van der Waals surface area contributed by atoms with E-state index in [0.29, 0.717) is 5.52 Å². The van der Waals surface area contributed by atoms with E-state index in [0.717, 1.165) is 66.1 Å². The highest BCUT2D eigenvalue weighted by atomic mass is 32.1. The van der Waals surface area contributed by atoms with Crippen molar-refractivity contribution in [2.24, 2.45) is 0 Å². The van der Waals surface area contributed by atoms with E-state index in [1.165, 1.54) is 20.2 Å². The van der Waals surface area contributed by atoms with Crippen LogP contribution in [0.1, 0.15) is 6.85 Å². The molecule has 0 amide bonds. The van der Waals surface area contributed by atoms with E-state index in [-0.39, 0.29) is 23.5 Å². The average molecular weight is 710 g/mol. The van der Waals surface area contributed by atoms with Crippen LogP contribution in [0.5, 0.6) is 0 Å². The summed E-state index contributed by atoms with van der Waals surface area (Å²) in [7, 11) is 0. The minimum atomic E-state index is -0.439. The van der Waals surface area contributed by atoms with E-state index in [9.17, 15) is 0 Å². The fraction of sp³-hybridized carbons (Fsp3) is 0. The van der Waals surface area contributed by atoms with E-state index in [4.69, 9.17) is 11.8 Å². The second-order valence-corrected chi connectivity index (χ2v) is 14.6. The highest BCUT2D eigenvalue weighted by molar-refractivity contribution is 7.25. The van der Waals surface area contributed by atoms with Crippen molar-refractivity contribution in [3.8, 4) is 50.5 Å². The molecule has 0 bridgehead atoms. The lowest BCUT2D eigenvalue weighted by Crippen LogP contribution is -2.01. The molecule has 0 aliphatic rings. The molecule has 3 heteroatoms. The van der Waals surface area contributed by atoms with Gasteiger partial charge in [0, 0.05) is 31.3 Å². The number of para-hydroxylation sites is 3. The van der Waals surface area contributed by atoms with Crippen LogP contribution in [0.25, 0.3) is 103 Å². The van der Waals surface area contributed by atoms with Crippen LogP contribution in [0.3, 0.4) is 0 Å².